The fourth-order valence-electron chi connectivity index (χ4n) is 1.83. The maximum absolute atomic E-state index is 2.30. The number of benzene rings is 1. The molecule has 0 aliphatic heterocycles. The summed E-state index contributed by atoms with van der Waals surface area (Å²) in [6.07, 6.45) is 4.22. The molecule has 1 aliphatic rings. The van der Waals surface area contributed by atoms with Gasteiger partial charge in [0.25, 0.3) is 0 Å². The molecule has 13 heavy (non-hydrogen) atoms. The van der Waals surface area contributed by atoms with Crippen LogP contribution >= 0.6 is 0 Å². The van der Waals surface area contributed by atoms with Crippen molar-refractivity contribution in [2.24, 2.45) is 0 Å². The minimum absolute atomic E-state index is 0.867. The summed E-state index contributed by atoms with van der Waals surface area (Å²) in [7, 11) is 0. The molecule has 0 N–H and O–H groups in total. The van der Waals surface area contributed by atoms with E-state index in [0.29, 0.717) is 0 Å². The number of rotatable bonds is 2. The van der Waals surface area contributed by atoms with Crippen LogP contribution in [-0.4, -0.2) is 0 Å². The van der Waals surface area contributed by atoms with Gasteiger partial charge in [0.05, 0.1) is 0 Å². The van der Waals surface area contributed by atoms with E-state index in [1.165, 1.54) is 36.3 Å². The molecule has 0 aromatic heterocycles. The van der Waals surface area contributed by atoms with Gasteiger partial charge >= 0.3 is 0 Å². The molecule has 0 nitrogen and oxygen atoms in total. The first-order valence-corrected chi connectivity index (χ1v) is 5.18. The molecule has 1 fully saturated rings. The van der Waals surface area contributed by atoms with Crippen LogP contribution in [0.25, 0.3) is 0 Å². The molecular weight excluding hydrogens is 156 g/mol. The van der Waals surface area contributed by atoms with Crippen molar-refractivity contribution >= 4 is 0 Å². The van der Waals surface area contributed by atoms with E-state index >= 15 is 0 Å². The van der Waals surface area contributed by atoms with Crippen LogP contribution in [0.1, 0.15) is 50.2 Å². The lowest BCUT2D eigenvalue weighted by atomic mass is 9.80. The Morgan fingerprint density at radius 1 is 1.08 bits per heavy atom. The zero-order chi connectivity index (χ0) is 9.26. The van der Waals surface area contributed by atoms with Crippen molar-refractivity contribution in [3.05, 3.63) is 41.3 Å². The van der Waals surface area contributed by atoms with Crippen LogP contribution in [0.4, 0.5) is 0 Å². The molecule has 68 valence electrons. The molecule has 2 rings (SSSR count). The van der Waals surface area contributed by atoms with Crippen LogP contribution < -0.4 is 0 Å². The first kappa shape index (κ1) is 8.68. The van der Waals surface area contributed by atoms with E-state index < -0.39 is 0 Å². The third kappa shape index (κ3) is 1.72. The summed E-state index contributed by atoms with van der Waals surface area (Å²) in [6.45, 7) is 4.33. The molecule has 1 aromatic rings. The highest BCUT2D eigenvalue weighted by atomic mass is 14.2. The van der Waals surface area contributed by atoms with Crippen LogP contribution in [-0.2, 0) is 0 Å². The molecule has 0 radical (unpaired) electrons. The van der Waals surface area contributed by atoms with Crippen LogP contribution in [0.5, 0.6) is 0 Å². The van der Waals surface area contributed by atoms with Gasteiger partial charge in [-0.1, -0.05) is 6.42 Å². The fourth-order valence-corrected chi connectivity index (χ4v) is 1.83. The average Bonchev–Trinajstić information content (AvgIpc) is 2.02. The lowest BCUT2D eigenvalue weighted by Gasteiger charge is -2.24. The van der Waals surface area contributed by atoms with Gasteiger partial charge in [0.1, 0.15) is 5.56 Å². The smallest absolute Gasteiger partial charge is 0.0521 e. The third-order valence-corrected chi connectivity index (χ3v) is 3.06. The monoisotopic (exact) mass is 173 g/mol. The average molecular weight is 173 g/mol. The normalized spacial score (nSPS) is 16.8. The second-order valence-corrected chi connectivity index (χ2v) is 4.25. The van der Waals surface area contributed by atoms with Gasteiger partial charge < -0.3 is 0 Å². The number of hydrogen-bond acceptors (Lipinski definition) is 0. The first-order valence-electron chi connectivity index (χ1n) is 5.18. The molecular formula is C13H17+. The van der Waals surface area contributed by atoms with Crippen molar-refractivity contribution in [1.82, 2.24) is 0 Å². The largest absolute Gasteiger partial charge is 0.132 e. The molecule has 1 aromatic carbocycles. The summed E-state index contributed by atoms with van der Waals surface area (Å²) in [4.78, 5) is 0. The van der Waals surface area contributed by atoms with Crippen LogP contribution in [0.2, 0.25) is 0 Å². The molecule has 1 aliphatic carbocycles. The highest BCUT2D eigenvalue weighted by molar-refractivity contribution is 5.33. The maximum atomic E-state index is 2.30. The van der Waals surface area contributed by atoms with Crippen molar-refractivity contribution in [3.8, 4) is 0 Å². The third-order valence-electron chi connectivity index (χ3n) is 3.06. The molecule has 0 heteroatoms. The van der Waals surface area contributed by atoms with E-state index in [9.17, 15) is 0 Å². The highest BCUT2D eigenvalue weighted by Gasteiger charge is 2.20. The van der Waals surface area contributed by atoms with Gasteiger partial charge in [-0.25, -0.2) is 0 Å². The standard InChI is InChI=1S/C13H17/c1-10(2)11-6-8-13(9-7-11)12-4-3-5-12/h6-9,12H,3-5H2,1-2H3/q+1. The molecule has 0 saturated heterocycles. The molecule has 0 unspecified atom stereocenters. The summed E-state index contributed by atoms with van der Waals surface area (Å²) in [6, 6.07) is 9.10. The van der Waals surface area contributed by atoms with Crippen molar-refractivity contribution in [2.45, 2.75) is 39.0 Å². The molecule has 0 amide bonds. The van der Waals surface area contributed by atoms with E-state index in [0.717, 1.165) is 5.92 Å². The van der Waals surface area contributed by atoms with Gasteiger partial charge in [-0.15, -0.1) is 0 Å². The van der Waals surface area contributed by atoms with Gasteiger partial charge in [-0.3, -0.25) is 0 Å². The fraction of sp³-hybridized carbons (Fsp3) is 0.462. The Labute approximate surface area is 81.0 Å². The summed E-state index contributed by atoms with van der Waals surface area (Å²) >= 11 is 0. The van der Waals surface area contributed by atoms with E-state index in [2.05, 4.69) is 38.1 Å². The summed E-state index contributed by atoms with van der Waals surface area (Å²) in [5.41, 5.74) is 2.92. The van der Waals surface area contributed by atoms with E-state index in [-0.39, 0.29) is 0 Å². The van der Waals surface area contributed by atoms with Crippen molar-refractivity contribution in [2.75, 3.05) is 0 Å². The topological polar surface area (TPSA) is 0 Å². The van der Waals surface area contributed by atoms with E-state index in [4.69, 9.17) is 0 Å². The van der Waals surface area contributed by atoms with E-state index in [1.807, 2.05) is 0 Å². The summed E-state index contributed by atoms with van der Waals surface area (Å²) < 4.78 is 0. The minimum Gasteiger partial charge on any atom is -0.0521 e. The van der Waals surface area contributed by atoms with Crippen LogP contribution in [0.15, 0.2) is 24.3 Å². The predicted molar refractivity (Wildman–Crippen MR) is 56.7 cm³/mol. The summed E-state index contributed by atoms with van der Waals surface area (Å²) in [5.74, 6) is 2.27. The molecule has 0 heterocycles. The van der Waals surface area contributed by atoms with Crippen molar-refractivity contribution in [1.29, 1.82) is 0 Å². The molecule has 0 spiro atoms. The SMILES string of the molecule is C[C+](C)c1ccc(C2CCC2)cc1. The van der Waals surface area contributed by atoms with Gasteiger partial charge in [0.2, 0.25) is 0 Å². The Balaban J connectivity index is 2.13. The van der Waals surface area contributed by atoms with Gasteiger partial charge in [-0.2, -0.15) is 0 Å². The Hall–Kier alpha value is -0.910. The van der Waals surface area contributed by atoms with Gasteiger partial charge in [0.15, 0.2) is 0 Å². The Morgan fingerprint density at radius 2 is 1.69 bits per heavy atom. The Kier molecular flexibility index (Phi) is 2.30. The predicted octanol–water partition coefficient (Wildman–Crippen LogP) is 3.92. The summed E-state index contributed by atoms with van der Waals surface area (Å²) in [5, 5.41) is 0. The number of hydrogen-bond donors (Lipinski definition) is 0. The lowest BCUT2D eigenvalue weighted by molar-refractivity contribution is 0.420. The minimum atomic E-state index is 0.867. The quantitative estimate of drug-likeness (QED) is 0.595. The van der Waals surface area contributed by atoms with Crippen molar-refractivity contribution < 1.29 is 0 Å². The highest BCUT2D eigenvalue weighted by Crippen LogP contribution is 2.36. The van der Waals surface area contributed by atoms with Gasteiger partial charge in [-0.05, 0) is 36.5 Å². The second-order valence-electron chi connectivity index (χ2n) is 4.25. The van der Waals surface area contributed by atoms with E-state index in [1.54, 1.807) is 0 Å². The van der Waals surface area contributed by atoms with Crippen LogP contribution in [0, 0.1) is 5.92 Å². The zero-order valence-electron chi connectivity index (χ0n) is 8.51. The molecule has 1 saturated carbocycles. The molecule has 0 bridgehead atoms. The molecule has 0 atom stereocenters. The Morgan fingerprint density at radius 3 is 2.08 bits per heavy atom. The van der Waals surface area contributed by atoms with Crippen LogP contribution in [0.3, 0.4) is 0 Å². The second kappa shape index (κ2) is 3.45. The lowest BCUT2D eigenvalue weighted by Crippen LogP contribution is -2.08. The Bertz CT molecular complexity index is 265. The van der Waals surface area contributed by atoms with Gasteiger partial charge in [0, 0.05) is 31.9 Å². The zero-order valence-corrected chi connectivity index (χ0v) is 8.51. The first-order chi connectivity index (χ1) is 6.27. The maximum Gasteiger partial charge on any atom is 0.132 e. The van der Waals surface area contributed by atoms with Crippen molar-refractivity contribution in [3.63, 3.8) is 0 Å².